The van der Waals surface area contributed by atoms with Crippen molar-refractivity contribution in [2.45, 2.75) is 32.7 Å². The first-order valence-corrected chi connectivity index (χ1v) is 17.2. The molecule has 2 rings (SSSR count). The third-order valence-electron chi connectivity index (χ3n) is 6.63. The van der Waals surface area contributed by atoms with Gasteiger partial charge >= 0.3 is 5.97 Å². The average Bonchev–Trinajstić information content (AvgIpc) is 3.01. The molecular formula is C34H52O9Si. The van der Waals surface area contributed by atoms with Gasteiger partial charge < -0.3 is 37.6 Å². The fourth-order valence-electron chi connectivity index (χ4n) is 4.53. The number of carbonyl (C=O) groups is 1. The number of carbonyl (C=O) groups excluding carboxylic acids is 1. The predicted molar refractivity (Wildman–Crippen MR) is 174 cm³/mol. The summed E-state index contributed by atoms with van der Waals surface area (Å²) in [6.45, 7) is 18.3. The van der Waals surface area contributed by atoms with E-state index < -0.39 is 14.3 Å². The molecule has 0 aliphatic rings. The van der Waals surface area contributed by atoms with E-state index in [4.69, 9.17) is 37.6 Å². The molecule has 0 unspecified atom stereocenters. The van der Waals surface area contributed by atoms with Crippen molar-refractivity contribution in [1.29, 1.82) is 0 Å². The molecule has 0 fully saturated rings. The van der Waals surface area contributed by atoms with Crippen LogP contribution in [0.4, 0.5) is 0 Å². The van der Waals surface area contributed by atoms with E-state index in [1.165, 1.54) is 10.4 Å². The maximum Gasteiger partial charge on any atom is 0.333 e. The van der Waals surface area contributed by atoms with Crippen molar-refractivity contribution in [3.8, 4) is 0 Å². The van der Waals surface area contributed by atoms with E-state index >= 15 is 0 Å². The summed E-state index contributed by atoms with van der Waals surface area (Å²) in [6, 6.07) is 21.2. The minimum atomic E-state index is -2.53. The van der Waals surface area contributed by atoms with Gasteiger partial charge in [0.1, 0.15) is 6.61 Å². The van der Waals surface area contributed by atoms with Crippen LogP contribution in [-0.4, -0.2) is 107 Å². The first-order valence-electron chi connectivity index (χ1n) is 15.3. The van der Waals surface area contributed by atoms with E-state index in [1.54, 1.807) is 6.92 Å². The van der Waals surface area contributed by atoms with Crippen LogP contribution in [0.3, 0.4) is 0 Å². The summed E-state index contributed by atoms with van der Waals surface area (Å²) in [5, 5.41) is 2.47. The van der Waals surface area contributed by atoms with Crippen LogP contribution < -0.4 is 10.4 Å². The Morgan fingerprint density at radius 1 is 0.568 bits per heavy atom. The van der Waals surface area contributed by atoms with Crippen molar-refractivity contribution in [2.75, 3.05) is 92.5 Å². The molecule has 0 atom stereocenters. The fourth-order valence-corrected chi connectivity index (χ4v) is 9.08. The highest BCUT2D eigenvalue weighted by Gasteiger charge is 2.49. The van der Waals surface area contributed by atoms with Gasteiger partial charge in [-0.3, -0.25) is 0 Å². The Balaban J connectivity index is 1.46. The van der Waals surface area contributed by atoms with Gasteiger partial charge in [-0.2, -0.15) is 0 Å². The Labute approximate surface area is 264 Å². The Morgan fingerprint density at radius 2 is 0.886 bits per heavy atom. The standard InChI is InChI=1S/C34H52O9Si/c1-30(2)33(35)42-28-26-40-24-22-38-20-18-36-16-17-37-19-21-39-23-25-41-27-29-43-44(34(3,4)5,31-12-8-6-9-13-31)32-14-10-7-11-15-32/h6-15H,1,16-29H2,2-5H3. The first-order chi connectivity index (χ1) is 21.3. The van der Waals surface area contributed by atoms with Crippen molar-refractivity contribution >= 4 is 24.7 Å². The first kappa shape index (κ1) is 37.8. The molecule has 10 heteroatoms. The van der Waals surface area contributed by atoms with Crippen molar-refractivity contribution in [3.63, 3.8) is 0 Å². The van der Waals surface area contributed by atoms with Crippen LogP contribution in [0.5, 0.6) is 0 Å². The summed E-state index contributed by atoms with van der Waals surface area (Å²) in [4.78, 5) is 11.2. The Bertz CT molecular complexity index is 989. The molecule has 0 aromatic heterocycles. The average molecular weight is 633 g/mol. The minimum absolute atomic E-state index is 0.0565. The molecule has 0 spiro atoms. The number of benzene rings is 2. The summed E-state index contributed by atoms with van der Waals surface area (Å²) < 4.78 is 45.0. The number of esters is 1. The van der Waals surface area contributed by atoms with Crippen LogP contribution in [0.2, 0.25) is 5.04 Å². The Kier molecular flexibility index (Phi) is 19.0. The lowest BCUT2D eigenvalue weighted by atomic mass is 10.2. The van der Waals surface area contributed by atoms with Gasteiger partial charge in [0.2, 0.25) is 0 Å². The van der Waals surface area contributed by atoms with Crippen molar-refractivity contribution in [2.24, 2.45) is 0 Å². The van der Waals surface area contributed by atoms with Crippen LogP contribution in [0.15, 0.2) is 72.8 Å². The monoisotopic (exact) mass is 632 g/mol. The quantitative estimate of drug-likeness (QED) is 0.0702. The second-order valence-electron chi connectivity index (χ2n) is 11.1. The molecule has 0 N–H and O–H groups in total. The highest BCUT2D eigenvalue weighted by molar-refractivity contribution is 6.99. The molecule has 0 aliphatic heterocycles. The van der Waals surface area contributed by atoms with Gasteiger partial charge in [0.25, 0.3) is 8.32 Å². The van der Waals surface area contributed by atoms with Gasteiger partial charge in [0.15, 0.2) is 0 Å². The van der Waals surface area contributed by atoms with Gasteiger partial charge in [-0.05, 0) is 22.3 Å². The minimum Gasteiger partial charge on any atom is -0.460 e. The summed E-state index contributed by atoms with van der Waals surface area (Å²) in [5.74, 6) is -0.409. The van der Waals surface area contributed by atoms with Crippen LogP contribution in [0.1, 0.15) is 27.7 Å². The Hall–Kier alpha value is -2.41. The smallest absolute Gasteiger partial charge is 0.333 e. The summed E-state index contributed by atoms with van der Waals surface area (Å²) in [6.07, 6.45) is 0. The lowest BCUT2D eigenvalue weighted by molar-refractivity contribution is -0.140. The predicted octanol–water partition coefficient (Wildman–Crippen LogP) is 3.78. The molecule has 0 heterocycles. The lowest BCUT2D eigenvalue weighted by Gasteiger charge is -2.43. The summed E-state index contributed by atoms with van der Waals surface area (Å²) in [7, 11) is -2.53. The van der Waals surface area contributed by atoms with Crippen LogP contribution in [-0.2, 0) is 42.4 Å². The molecule has 2 aromatic carbocycles. The largest absolute Gasteiger partial charge is 0.460 e. The number of ether oxygens (including phenoxy) is 7. The van der Waals surface area contributed by atoms with Crippen molar-refractivity contribution in [3.05, 3.63) is 72.8 Å². The molecule has 0 radical (unpaired) electrons. The SMILES string of the molecule is C=C(C)C(=O)OCCOCCOCCOCCOCCOCCOCCO[Si](c1ccccc1)(c1ccccc1)C(C)(C)C. The Morgan fingerprint density at radius 3 is 1.20 bits per heavy atom. The van der Waals surface area contributed by atoms with Crippen LogP contribution in [0.25, 0.3) is 0 Å². The van der Waals surface area contributed by atoms with Crippen molar-refractivity contribution in [1.82, 2.24) is 0 Å². The molecule has 0 bridgehead atoms. The van der Waals surface area contributed by atoms with Crippen LogP contribution >= 0.6 is 0 Å². The molecule has 2 aromatic rings. The molecule has 0 amide bonds. The zero-order valence-corrected chi connectivity index (χ0v) is 28.1. The van der Waals surface area contributed by atoms with Gasteiger partial charge in [-0.25, -0.2) is 4.79 Å². The summed E-state index contributed by atoms with van der Waals surface area (Å²) >= 11 is 0. The highest BCUT2D eigenvalue weighted by Crippen LogP contribution is 2.36. The second-order valence-corrected chi connectivity index (χ2v) is 15.4. The third kappa shape index (κ3) is 14.1. The molecule has 44 heavy (non-hydrogen) atoms. The maximum absolute atomic E-state index is 11.2. The van der Waals surface area contributed by atoms with Gasteiger partial charge in [-0.15, -0.1) is 0 Å². The van der Waals surface area contributed by atoms with E-state index in [2.05, 4.69) is 75.9 Å². The zero-order chi connectivity index (χ0) is 31.9. The van der Waals surface area contributed by atoms with Gasteiger partial charge in [0, 0.05) is 5.57 Å². The fraction of sp³-hybridized carbons (Fsp3) is 0.559. The third-order valence-corrected chi connectivity index (χ3v) is 11.7. The van der Waals surface area contributed by atoms with E-state index in [-0.39, 0.29) is 11.6 Å². The van der Waals surface area contributed by atoms with E-state index in [1.807, 2.05) is 12.1 Å². The van der Waals surface area contributed by atoms with Gasteiger partial charge in [-0.1, -0.05) is 88.0 Å². The molecule has 0 aliphatic carbocycles. The molecule has 246 valence electrons. The zero-order valence-electron chi connectivity index (χ0n) is 27.1. The molecular weight excluding hydrogens is 580 g/mol. The lowest BCUT2D eigenvalue weighted by Crippen LogP contribution is -2.66. The molecule has 0 saturated carbocycles. The number of hydrogen-bond acceptors (Lipinski definition) is 9. The van der Waals surface area contributed by atoms with Crippen molar-refractivity contribution < 1.29 is 42.4 Å². The second kappa shape index (κ2) is 22.1. The van der Waals surface area contributed by atoms with Crippen LogP contribution in [0, 0.1) is 0 Å². The highest BCUT2D eigenvalue weighted by atomic mass is 28.4. The maximum atomic E-state index is 11.2. The molecule has 0 saturated heterocycles. The van der Waals surface area contributed by atoms with E-state index in [0.717, 1.165) is 0 Å². The molecule has 9 nitrogen and oxygen atoms in total. The normalized spacial score (nSPS) is 11.9. The topological polar surface area (TPSA) is 90.9 Å². The van der Waals surface area contributed by atoms with Gasteiger partial charge in [0.05, 0.1) is 85.9 Å². The van der Waals surface area contributed by atoms with E-state index in [9.17, 15) is 4.79 Å². The number of rotatable bonds is 25. The summed E-state index contributed by atoms with van der Waals surface area (Å²) in [5.41, 5.74) is 0.373. The number of hydrogen-bond donors (Lipinski definition) is 0. The van der Waals surface area contributed by atoms with E-state index in [0.29, 0.717) is 91.5 Å².